The summed E-state index contributed by atoms with van der Waals surface area (Å²) in [5, 5.41) is 5.17. The van der Waals surface area contributed by atoms with E-state index in [9.17, 15) is 28.8 Å². The molecule has 0 aliphatic rings. The number of unbranched alkanes of at least 4 members (excludes halogenated alkanes) is 3. The highest BCUT2D eigenvalue weighted by Crippen LogP contribution is 2.21. The lowest BCUT2D eigenvalue weighted by atomic mass is 9.92. The third-order valence-electron chi connectivity index (χ3n) is 5.15. The van der Waals surface area contributed by atoms with Crippen LogP contribution >= 0.6 is 0 Å². The molecule has 234 valence electrons. The van der Waals surface area contributed by atoms with E-state index in [1.165, 1.54) is 0 Å². The molecule has 0 aliphatic heterocycles. The summed E-state index contributed by atoms with van der Waals surface area (Å²) in [6.45, 7) is 13.6. The second kappa shape index (κ2) is 22.1. The summed E-state index contributed by atoms with van der Waals surface area (Å²) in [4.78, 5) is 69.9. The van der Waals surface area contributed by atoms with Crippen LogP contribution in [-0.2, 0) is 47.6 Å². The summed E-state index contributed by atoms with van der Waals surface area (Å²) in [5.41, 5.74) is -1.42. The van der Waals surface area contributed by atoms with E-state index in [1.807, 2.05) is 0 Å². The van der Waals surface area contributed by atoms with Gasteiger partial charge in [0.05, 0.1) is 0 Å². The van der Waals surface area contributed by atoms with Gasteiger partial charge in [0.2, 0.25) is 0 Å². The number of alkyl carbamates (subject to hydrolysis) is 2. The first kappa shape index (κ1) is 37.4. The molecule has 0 heterocycles. The van der Waals surface area contributed by atoms with Crippen molar-refractivity contribution in [1.29, 1.82) is 0 Å². The van der Waals surface area contributed by atoms with Gasteiger partial charge in [-0.25, -0.2) is 28.8 Å². The maximum absolute atomic E-state index is 12.3. The molecule has 2 N–H and O–H groups in total. The SMILES string of the molecule is C=CC(=O)OCC(C)OC(=O)NCCCCCCNC(=O)OCC(COC(=O)C=C)(COC(=O)C=C)COC(=O)C=C. The van der Waals surface area contributed by atoms with Crippen molar-refractivity contribution in [2.75, 3.05) is 46.1 Å². The van der Waals surface area contributed by atoms with Gasteiger partial charge in [0.15, 0.2) is 0 Å². The fourth-order valence-corrected chi connectivity index (χ4v) is 2.87. The number of amides is 2. The molecule has 0 bridgehead atoms. The number of carbonyl (C=O) groups excluding carboxylic acids is 6. The van der Waals surface area contributed by atoms with Crippen LogP contribution in [0, 0.1) is 5.41 Å². The smallest absolute Gasteiger partial charge is 0.407 e. The molecule has 0 aromatic rings. The van der Waals surface area contributed by atoms with Crippen LogP contribution in [-0.4, -0.2) is 88.3 Å². The Labute approximate surface area is 245 Å². The zero-order valence-corrected chi connectivity index (χ0v) is 23.9. The number of esters is 4. The monoisotopic (exact) mass is 596 g/mol. The fraction of sp³-hybridized carbons (Fsp3) is 0.500. The van der Waals surface area contributed by atoms with Crippen LogP contribution in [0.2, 0.25) is 0 Å². The molecule has 0 rings (SSSR count). The highest BCUT2D eigenvalue weighted by atomic mass is 16.6. The van der Waals surface area contributed by atoms with E-state index < -0.39 is 74.0 Å². The van der Waals surface area contributed by atoms with Crippen molar-refractivity contribution in [1.82, 2.24) is 10.6 Å². The lowest BCUT2D eigenvalue weighted by Gasteiger charge is -2.31. The van der Waals surface area contributed by atoms with E-state index in [2.05, 4.69) is 36.9 Å². The van der Waals surface area contributed by atoms with Gasteiger partial charge in [0, 0.05) is 37.4 Å². The summed E-state index contributed by atoms with van der Waals surface area (Å²) < 4.78 is 30.3. The second-order valence-corrected chi connectivity index (χ2v) is 8.83. The molecule has 2 amide bonds. The number of rotatable bonds is 22. The maximum Gasteiger partial charge on any atom is 0.407 e. The molecule has 1 unspecified atom stereocenters. The molecule has 0 fully saturated rings. The van der Waals surface area contributed by atoms with E-state index >= 15 is 0 Å². The number of nitrogens with one attached hydrogen (secondary N) is 2. The molecule has 0 spiro atoms. The van der Waals surface area contributed by atoms with Gasteiger partial charge < -0.3 is 39.1 Å². The topological polar surface area (TPSA) is 182 Å². The van der Waals surface area contributed by atoms with Crippen molar-refractivity contribution in [3.05, 3.63) is 50.6 Å². The number of ether oxygens (including phenoxy) is 6. The van der Waals surface area contributed by atoms with Crippen LogP contribution in [0.1, 0.15) is 32.6 Å². The zero-order valence-electron chi connectivity index (χ0n) is 23.9. The Balaban J connectivity index is 4.55. The molecular formula is C28H40N2O12. The van der Waals surface area contributed by atoms with E-state index in [-0.39, 0.29) is 13.2 Å². The Morgan fingerprint density at radius 1 is 0.595 bits per heavy atom. The minimum Gasteiger partial charge on any atom is -0.462 e. The first-order chi connectivity index (χ1) is 20.0. The fourth-order valence-electron chi connectivity index (χ4n) is 2.87. The van der Waals surface area contributed by atoms with Crippen LogP contribution in [0.4, 0.5) is 9.59 Å². The molecule has 0 aliphatic carbocycles. The quantitative estimate of drug-likeness (QED) is 0.0806. The first-order valence-corrected chi connectivity index (χ1v) is 13.0. The van der Waals surface area contributed by atoms with Crippen LogP contribution in [0.15, 0.2) is 50.6 Å². The van der Waals surface area contributed by atoms with Gasteiger partial charge in [-0.1, -0.05) is 39.2 Å². The third kappa shape index (κ3) is 18.6. The summed E-state index contributed by atoms with van der Waals surface area (Å²) >= 11 is 0. The van der Waals surface area contributed by atoms with Gasteiger partial charge in [0.25, 0.3) is 0 Å². The normalized spacial score (nSPS) is 11.0. The Morgan fingerprint density at radius 2 is 0.976 bits per heavy atom. The maximum atomic E-state index is 12.3. The Morgan fingerprint density at radius 3 is 1.40 bits per heavy atom. The van der Waals surface area contributed by atoms with Crippen molar-refractivity contribution in [3.63, 3.8) is 0 Å². The Kier molecular flexibility index (Phi) is 19.7. The highest BCUT2D eigenvalue weighted by molar-refractivity contribution is 5.82. The molecular weight excluding hydrogens is 556 g/mol. The lowest BCUT2D eigenvalue weighted by Crippen LogP contribution is -2.44. The minimum atomic E-state index is -1.42. The van der Waals surface area contributed by atoms with Crippen molar-refractivity contribution in [2.24, 2.45) is 5.41 Å². The number of carbonyl (C=O) groups is 6. The van der Waals surface area contributed by atoms with Crippen LogP contribution in [0.5, 0.6) is 0 Å². The predicted molar refractivity (Wildman–Crippen MR) is 149 cm³/mol. The summed E-state index contributed by atoms with van der Waals surface area (Å²) in [6.07, 6.45) is 4.49. The molecule has 0 saturated heterocycles. The Bertz CT molecular complexity index is 903. The first-order valence-electron chi connectivity index (χ1n) is 13.0. The highest BCUT2D eigenvalue weighted by Gasteiger charge is 2.37. The average Bonchev–Trinajstić information content (AvgIpc) is 2.99. The predicted octanol–water partition coefficient (Wildman–Crippen LogP) is 2.29. The number of hydrogen-bond acceptors (Lipinski definition) is 12. The van der Waals surface area contributed by atoms with Crippen molar-refractivity contribution >= 4 is 36.1 Å². The van der Waals surface area contributed by atoms with Gasteiger partial charge >= 0.3 is 36.1 Å². The van der Waals surface area contributed by atoms with Gasteiger partial charge in [-0.3, -0.25) is 0 Å². The average molecular weight is 597 g/mol. The molecule has 0 aromatic carbocycles. The summed E-state index contributed by atoms with van der Waals surface area (Å²) in [7, 11) is 0. The van der Waals surface area contributed by atoms with Gasteiger partial charge in [0.1, 0.15) is 44.6 Å². The summed E-state index contributed by atoms with van der Waals surface area (Å²) in [5.74, 6) is -2.97. The molecule has 42 heavy (non-hydrogen) atoms. The van der Waals surface area contributed by atoms with E-state index in [0.29, 0.717) is 19.4 Å². The molecule has 0 radical (unpaired) electrons. The van der Waals surface area contributed by atoms with Crippen LogP contribution < -0.4 is 10.6 Å². The minimum absolute atomic E-state index is 0.0804. The van der Waals surface area contributed by atoms with Crippen molar-refractivity contribution < 1.29 is 57.2 Å². The van der Waals surface area contributed by atoms with E-state index in [4.69, 9.17) is 28.4 Å². The lowest BCUT2D eigenvalue weighted by molar-refractivity contribution is -0.159. The Hall–Kier alpha value is -4.62. The van der Waals surface area contributed by atoms with Gasteiger partial charge in [-0.05, 0) is 19.8 Å². The molecule has 14 heteroatoms. The van der Waals surface area contributed by atoms with Gasteiger partial charge in [-0.2, -0.15) is 0 Å². The van der Waals surface area contributed by atoms with Crippen LogP contribution in [0.3, 0.4) is 0 Å². The van der Waals surface area contributed by atoms with E-state index in [0.717, 1.165) is 37.1 Å². The third-order valence-corrected chi connectivity index (χ3v) is 5.15. The molecule has 0 saturated carbocycles. The summed E-state index contributed by atoms with van der Waals surface area (Å²) in [6, 6.07) is 0. The molecule has 14 nitrogen and oxygen atoms in total. The zero-order chi connectivity index (χ0) is 31.8. The standard InChI is InChI=1S/C28H40N2O12/c1-6-22(31)37-16-21(5)42-27(36)30-15-13-11-10-12-14-29-26(35)41-20-28(17-38-23(32)7-2,18-39-24(33)8-3)19-40-25(34)9-4/h6-9,21H,1-4,10-20H2,5H3,(H,29,35)(H,30,36). The van der Waals surface area contributed by atoms with Crippen LogP contribution in [0.25, 0.3) is 0 Å². The second-order valence-electron chi connectivity index (χ2n) is 8.83. The molecule has 0 aromatic heterocycles. The molecule has 1 atom stereocenters. The van der Waals surface area contributed by atoms with Gasteiger partial charge in [-0.15, -0.1) is 0 Å². The largest absolute Gasteiger partial charge is 0.462 e. The number of hydrogen-bond donors (Lipinski definition) is 2. The van der Waals surface area contributed by atoms with Crippen molar-refractivity contribution in [3.8, 4) is 0 Å². The van der Waals surface area contributed by atoms with Crippen molar-refractivity contribution in [2.45, 2.75) is 38.7 Å². The van der Waals surface area contributed by atoms with E-state index in [1.54, 1.807) is 6.92 Å².